The number of alkyl halides is 2. The molecule has 0 unspecified atom stereocenters. The van der Waals surface area contributed by atoms with Gasteiger partial charge in [-0.05, 0) is 37.4 Å². The van der Waals surface area contributed by atoms with E-state index in [0.717, 1.165) is 11.5 Å². The molecule has 0 atom stereocenters. The summed E-state index contributed by atoms with van der Waals surface area (Å²) < 4.78 is 44.0. The molecular weight excluding hydrogens is 574 g/mol. The van der Waals surface area contributed by atoms with Gasteiger partial charge in [-0.25, -0.2) is 9.37 Å². The van der Waals surface area contributed by atoms with Gasteiger partial charge >= 0.3 is 5.92 Å². The van der Waals surface area contributed by atoms with Gasteiger partial charge in [0.2, 0.25) is 0 Å². The van der Waals surface area contributed by atoms with Gasteiger partial charge in [-0.15, -0.1) is 0 Å². The van der Waals surface area contributed by atoms with Gasteiger partial charge in [0, 0.05) is 11.1 Å². The third-order valence-corrected chi connectivity index (χ3v) is 7.30. The normalized spacial score (nSPS) is 14.8. The predicted octanol–water partition coefficient (Wildman–Crippen LogP) is 7.17. The first-order valence-electron chi connectivity index (χ1n) is 11.1. The topological polar surface area (TPSA) is 106 Å². The van der Waals surface area contributed by atoms with E-state index in [2.05, 4.69) is 15.0 Å². The summed E-state index contributed by atoms with van der Waals surface area (Å²) >= 11 is 16.9. The number of nitriles is 2. The lowest BCUT2D eigenvalue weighted by molar-refractivity contribution is -0.0710. The molecule has 0 radical (unpaired) electrons. The van der Waals surface area contributed by atoms with Crippen molar-refractivity contribution in [2.24, 2.45) is 4.99 Å². The van der Waals surface area contributed by atoms with E-state index in [-0.39, 0.29) is 43.3 Å². The van der Waals surface area contributed by atoms with Crippen molar-refractivity contribution < 1.29 is 13.2 Å². The molecule has 0 amide bonds. The van der Waals surface area contributed by atoms with Crippen molar-refractivity contribution in [3.63, 3.8) is 0 Å². The van der Waals surface area contributed by atoms with E-state index in [9.17, 15) is 18.0 Å². The number of aromatic amines is 1. The number of pyridine rings is 2. The molecule has 6 nitrogen and oxygen atoms in total. The first kappa shape index (κ1) is 28.1. The Morgan fingerprint density at radius 3 is 2.13 bits per heavy atom. The molecule has 5 rings (SSSR count). The van der Waals surface area contributed by atoms with Crippen LogP contribution in [0.3, 0.4) is 0 Å². The van der Waals surface area contributed by atoms with Gasteiger partial charge in [0.05, 0.1) is 31.9 Å². The molecule has 1 aliphatic rings. The molecule has 0 spiro atoms. The average molecular weight is 589 g/mol. The van der Waals surface area contributed by atoms with Crippen molar-refractivity contribution in [1.82, 2.24) is 9.97 Å². The lowest BCUT2D eigenvalue weighted by atomic mass is 9.81. The highest BCUT2D eigenvalue weighted by Gasteiger charge is 2.54. The Morgan fingerprint density at radius 1 is 0.897 bits per heavy atom. The number of para-hydroxylation sites is 1. The van der Waals surface area contributed by atoms with Crippen molar-refractivity contribution in [2.45, 2.75) is 25.3 Å². The lowest BCUT2D eigenvalue weighted by Gasteiger charge is -2.37. The fourth-order valence-corrected chi connectivity index (χ4v) is 4.53. The third-order valence-electron chi connectivity index (χ3n) is 5.99. The van der Waals surface area contributed by atoms with E-state index in [1.807, 2.05) is 0 Å². The zero-order valence-corrected chi connectivity index (χ0v) is 22.4. The van der Waals surface area contributed by atoms with Crippen LogP contribution in [0.15, 0.2) is 58.3 Å². The number of hydrogen-bond donors (Lipinski definition) is 1. The maximum Gasteiger partial charge on any atom is 0.300 e. The Balaban J connectivity index is 0.000000229. The molecule has 0 bridgehead atoms. The largest absolute Gasteiger partial charge is 0.321 e. The Labute approximate surface area is 234 Å². The van der Waals surface area contributed by atoms with Gasteiger partial charge in [0.25, 0.3) is 5.56 Å². The van der Waals surface area contributed by atoms with Gasteiger partial charge in [0.15, 0.2) is 11.4 Å². The molecule has 3 heterocycles. The second kappa shape index (κ2) is 10.3. The molecule has 1 aliphatic heterocycles. The highest BCUT2D eigenvalue weighted by molar-refractivity contribution is 6.48. The van der Waals surface area contributed by atoms with Crippen molar-refractivity contribution in [1.29, 1.82) is 10.5 Å². The van der Waals surface area contributed by atoms with Crippen LogP contribution in [0.25, 0.3) is 10.9 Å². The molecule has 4 aromatic rings. The van der Waals surface area contributed by atoms with E-state index in [1.165, 1.54) is 26.0 Å². The summed E-state index contributed by atoms with van der Waals surface area (Å²) in [6, 6.07) is 15.8. The number of rotatable bonds is 1. The van der Waals surface area contributed by atoms with Crippen LogP contribution in [0.5, 0.6) is 0 Å². The summed E-state index contributed by atoms with van der Waals surface area (Å²) in [5.74, 6) is -4.51. The molecule has 0 saturated carbocycles. The van der Waals surface area contributed by atoms with Crippen molar-refractivity contribution in [3.05, 3.63) is 108 Å². The molecule has 2 aromatic carbocycles. The number of fused-ring (bicyclic) bond motifs is 2. The molecule has 2 aromatic heterocycles. The number of nitrogens with zero attached hydrogens (tertiary/aromatic N) is 4. The molecular formula is C27H15Cl3F3N5O. The summed E-state index contributed by atoms with van der Waals surface area (Å²) in [5.41, 5.74) is -2.50. The smallest absolute Gasteiger partial charge is 0.300 e. The quantitative estimate of drug-likeness (QED) is 0.254. The Morgan fingerprint density at radius 2 is 1.51 bits per heavy atom. The van der Waals surface area contributed by atoms with Crippen LogP contribution in [0.4, 0.5) is 13.2 Å². The lowest BCUT2D eigenvalue weighted by Crippen LogP contribution is -2.45. The molecule has 1 N–H and O–H groups in total. The average Bonchev–Trinajstić information content (AvgIpc) is 2.90. The van der Waals surface area contributed by atoms with Crippen LogP contribution in [0, 0.1) is 28.5 Å². The van der Waals surface area contributed by atoms with Crippen LogP contribution in [0.1, 0.15) is 41.9 Å². The second-order valence-corrected chi connectivity index (χ2v) is 9.96. The van der Waals surface area contributed by atoms with Gasteiger partial charge in [-0.3, -0.25) is 9.79 Å². The van der Waals surface area contributed by atoms with E-state index in [1.54, 1.807) is 42.5 Å². The number of H-pyrrole nitrogens is 1. The Kier molecular flexibility index (Phi) is 7.46. The number of aliphatic imine (C=N–C) groups is 1. The number of benzene rings is 2. The van der Waals surface area contributed by atoms with E-state index in [4.69, 9.17) is 45.3 Å². The number of hydrogen-bond acceptors (Lipinski definition) is 5. The SMILES string of the molecule is CC1(C)N=C(c2cc3ccccc3[nH]c2=O)c2cccc(F)c2C1(F)F.N#Cc1nc(C#N)c(Cl)c(Cl)c1Cl. The minimum absolute atomic E-state index is 0.0218. The van der Waals surface area contributed by atoms with Crippen LogP contribution in [-0.2, 0) is 5.92 Å². The molecule has 0 aliphatic carbocycles. The summed E-state index contributed by atoms with van der Waals surface area (Å²) in [5, 5.41) is 17.7. The molecule has 12 heteroatoms. The van der Waals surface area contributed by atoms with E-state index >= 15 is 0 Å². The summed E-state index contributed by atoms with van der Waals surface area (Å²) in [6.07, 6.45) is 0. The standard InChI is InChI=1S/C20H15F3N2O.C7Cl3N3/c1-19(2)20(22,23)16-12(7-5-8-14(16)21)17(25-19)13-10-11-6-3-4-9-15(11)24-18(13)26;8-5-3(1-11)13-4(2-12)6(9)7(5)10/h3-10H,1-2H3,(H,24,26);. The van der Waals surface area contributed by atoms with Gasteiger partial charge in [-0.2, -0.15) is 19.3 Å². The molecule has 39 heavy (non-hydrogen) atoms. The predicted molar refractivity (Wildman–Crippen MR) is 143 cm³/mol. The van der Waals surface area contributed by atoms with Crippen LogP contribution in [0.2, 0.25) is 15.1 Å². The summed E-state index contributed by atoms with van der Waals surface area (Å²) in [6.45, 7) is 2.47. The van der Waals surface area contributed by atoms with Crippen LogP contribution < -0.4 is 5.56 Å². The second-order valence-electron chi connectivity index (χ2n) is 8.83. The fraction of sp³-hybridized carbons (Fsp3) is 0.148. The highest BCUT2D eigenvalue weighted by Crippen LogP contribution is 2.47. The van der Waals surface area contributed by atoms with Crippen LogP contribution >= 0.6 is 34.8 Å². The first-order valence-corrected chi connectivity index (χ1v) is 12.2. The summed E-state index contributed by atoms with van der Waals surface area (Å²) in [4.78, 5) is 23.1. The molecule has 0 fully saturated rings. The van der Waals surface area contributed by atoms with E-state index in [0.29, 0.717) is 5.52 Å². The fourth-order valence-electron chi connectivity index (χ4n) is 3.95. The molecule has 196 valence electrons. The monoisotopic (exact) mass is 587 g/mol. The van der Waals surface area contributed by atoms with Gasteiger partial charge in [-0.1, -0.05) is 65.1 Å². The number of halogens is 6. The number of nitrogens with one attached hydrogen (secondary N) is 1. The zero-order chi connectivity index (χ0) is 28.7. The van der Waals surface area contributed by atoms with E-state index < -0.39 is 28.4 Å². The van der Waals surface area contributed by atoms with Gasteiger partial charge in [0.1, 0.15) is 23.5 Å². The summed E-state index contributed by atoms with van der Waals surface area (Å²) in [7, 11) is 0. The van der Waals surface area contributed by atoms with Crippen molar-refractivity contribution >= 4 is 51.4 Å². The minimum atomic E-state index is -3.50. The van der Waals surface area contributed by atoms with Crippen molar-refractivity contribution in [2.75, 3.05) is 0 Å². The minimum Gasteiger partial charge on any atom is -0.321 e. The third kappa shape index (κ3) is 4.86. The Bertz CT molecular complexity index is 1780. The zero-order valence-electron chi connectivity index (χ0n) is 20.1. The maximum atomic E-state index is 14.8. The Hall–Kier alpha value is -3.89. The first-order chi connectivity index (χ1) is 18.3. The number of aromatic nitrogens is 2. The van der Waals surface area contributed by atoms with Crippen molar-refractivity contribution in [3.8, 4) is 12.1 Å². The van der Waals surface area contributed by atoms with Crippen LogP contribution in [-0.4, -0.2) is 21.2 Å². The molecule has 0 saturated heterocycles. The maximum absolute atomic E-state index is 14.8. The highest BCUT2D eigenvalue weighted by atomic mass is 35.5. The van der Waals surface area contributed by atoms with Gasteiger partial charge < -0.3 is 4.98 Å².